The fourth-order valence-electron chi connectivity index (χ4n) is 4.29. The number of rotatable bonds is 8. The fourth-order valence-corrected chi connectivity index (χ4v) is 4.29. The van der Waals surface area contributed by atoms with Crippen molar-refractivity contribution in [3.8, 4) is 17.1 Å². The number of pyridine rings is 1. The standard InChI is InChI=1S/C27H30N6O3/c1-32-9-11-33(12-10-32)27(35)25-17-20-15-19(3-4-22(20)30-25)16-26-29-8-6-23(31-26)24-18-21(5-7-28-24)36-14-2-13-34/h3-8,15,17-18,30,34H,2,9-14,16H2,1H3. The second-order valence-corrected chi connectivity index (χ2v) is 9.04. The highest BCUT2D eigenvalue weighted by Crippen LogP contribution is 2.22. The lowest BCUT2D eigenvalue weighted by Crippen LogP contribution is -2.47. The molecule has 0 saturated carbocycles. The first-order chi connectivity index (χ1) is 17.6. The van der Waals surface area contributed by atoms with Crippen molar-refractivity contribution in [3.05, 3.63) is 71.9 Å². The van der Waals surface area contributed by atoms with Crippen molar-refractivity contribution in [1.29, 1.82) is 0 Å². The number of hydrogen-bond donors (Lipinski definition) is 2. The van der Waals surface area contributed by atoms with Crippen molar-refractivity contribution in [2.75, 3.05) is 46.4 Å². The number of ether oxygens (including phenoxy) is 1. The number of fused-ring (bicyclic) bond motifs is 1. The van der Waals surface area contributed by atoms with Gasteiger partial charge in [0, 0.05) is 75.0 Å². The summed E-state index contributed by atoms with van der Waals surface area (Å²) in [7, 11) is 2.08. The molecule has 0 bridgehead atoms. The number of benzene rings is 1. The number of nitrogens with zero attached hydrogens (tertiary/aromatic N) is 5. The quantitative estimate of drug-likeness (QED) is 0.369. The average molecular weight is 487 g/mol. The molecule has 0 radical (unpaired) electrons. The Morgan fingerprint density at radius 2 is 1.86 bits per heavy atom. The van der Waals surface area contributed by atoms with Gasteiger partial charge in [-0.2, -0.15) is 0 Å². The first-order valence-electron chi connectivity index (χ1n) is 12.2. The van der Waals surface area contributed by atoms with E-state index in [4.69, 9.17) is 14.8 Å². The Balaban J connectivity index is 1.30. The summed E-state index contributed by atoms with van der Waals surface area (Å²) < 4.78 is 5.66. The number of carbonyl (C=O) groups excluding carboxylic acids is 1. The minimum atomic E-state index is 0.0481. The van der Waals surface area contributed by atoms with Crippen LogP contribution in [0.4, 0.5) is 0 Å². The van der Waals surface area contributed by atoms with Crippen molar-refractivity contribution in [2.45, 2.75) is 12.8 Å². The molecule has 1 aliphatic rings. The summed E-state index contributed by atoms with van der Waals surface area (Å²) in [6.07, 6.45) is 4.56. The molecule has 5 rings (SSSR count). The van der Waals surface area contributed by atoms with E-state index in [0.29, 0.717) is 42.4 Å². The SMILES string of the molecule is CN1CCN(C(=O)c2cc3cc(Cc4nccc(-c5cc(OCCCO)ccn5)n4)ccc3[nH]2)CC1. The molecule has 4 heterocycles. The molecule has 1 saturated heterocycles. The van der Waals surface area contributed by atoms with Crippen LogP contribution in [-0.4, -0.2) is 87.2 Å². The zero-order chi connectivity index (χ0) is 24.9. The molecule has 186 valence electrons. The maximum absolute atomic E-state index is 13.0. The molecule has 4 aromatic rings. The van der Waals surface area contributed by atoms with Gasteiger partial charge >= 0.3 is 0 Å². The Labute approximate surface area is 209 Å². The van der Waals surface area contributed by atoms with Gasteiger partial charge < -0.3 is 24.6 Å². The van der Waals surface area contributed by atoms with E-state index in [0.717, 1.165) is 48.3 Å². The molecule has 0 aliphatic carbocycles. The molecule has 0 atom stereocenters. The number of H-pyrrole nitrogens is 1. The van der Waals surface area contributed by atoms with Crippen LogP contribution < -0.4 is 4.74 Å². The molecule has 0 spiro atoms. The van der Waals surface area contributed by atoms with Crippen LogP contribution in [0.25, 0.3) is 22.3 Å². The number of aliphatic hydroxyl groups is 1. The zero-order valence-electron chi connectivity index (χ0n) is 20.4. The Morgan fingerprint density at radius 1 is 1.03 bits per heavy atom. The topological polar surface area (TPSA) is 107 Å². The first-order valence-corrected chi connectivity index (χ1v) is 12.2. The maximum atomic E-state index is 13.0. The van der Waals surface area contributed by atoms with Gasteiger partial charge in [-0.05, 0) is 42.9 Å². The molecule has 1 amide bonds. The van der Waals surface area contributed by atoms with Crippen LogP contribution in [0.2, 0.25) is 0 Å². The van der Waals surface area contributed by atoms with E-state index < -0.39 is 0 Å². The van der Waals surface area contributed by atoms with Crippen LogP contribution in [0, 0.1) is 0 Å². The highest BCUT2D eigenvalue weighted by Gasteiger charge is 2.21. The van der Waals surface area contributed by atoms with Crippen LogP contribution >= 0.6 is 0 Å². The summed E-state index contributed by atoms with van der Waals surface area (Å²) in [5.41, 5.74) is 4.04. The number of aromatic nitrogens is 4. The van der Waals surface area contributed by atoms with Crippen LogP contribution in [0.1, 0.15) is 28.3 Å². The number of likely N-dealkylation sites (N-methyl/N-ethyl adjacent to an activating group) is 1. The molecule has 3 aromatic heterocycles. The second kappa shape index (κ2) is 10.8. The summed E-state index contributed by atoms with van der Waals surface area (Å²) >= 11 is 0. The smallest absolute Gasteiger partial charge is 0.270 e. The minimum Gasteiger partial charge on any atom is -0.493 e. The molecule has 1 aliphatic heterocycles. The average Bonchev–Trinajstić information content (AvgIpc) is 3.33. The predicted octanol–water partition coefficient (Wildman–Crippen LogP) is 2.76. The Kier molecular flexibility index (Phi) is 7.20. The minimum absolute atomic E-state index is 0.0481. The van der Waals surface area contributed by atoms with Crippen molar-refractivity contribution < 1.29 is 14.6 Å². The highest BCUT2D eigenvalue weighted by molar-refractivity contribution is 5.98. The maximum Gasteiger partial charge on any atom is 0.270 e. The van der Waals surface area contributed by atoms with E-state index in [9.17, 15) is 4.79 Å². The summed E-state index contributed by atoms with van der Waals surface area (Å²) in [4.78, 5) is 34.0. The Morgan fingerprint density at radius 3 is 2.69 bits per heavy atom. The third-order valence-corrected chi connectivity index (χ3v) is 6.34. The van der Waals surface area contributed by atoms with Gasteiger partial charge in [-0.15, -0.1) is 0 Å². The normalized spacial score (nSPS) is 14.3. The lowest BCUT2D eigenvalue weighted by molar-refractivity contribution is 0.0659. The first kappa shape index (κ1) is 23.9. The zero-order valence-corrected chi connectivity index (χ0v) is 20.4. The van der Waals surface area contributed by atoms with Gasteiger partial charge in [-0.3, -0.25) is 9.78 Å². The number of hydrogen-bond acceptors (Lipinski definition) is 7. The van der Waals surface area contributed by atoms with E-state index >= 15 is 0 Å². The molecular weight excluding hydrogens is 456 g/mol. The molecule has 0 unspecified atom stereocenters. The molecule has 2 N–H and O–H groups in total. The number of aliphatic hydroxyl groups excluding tert-OH is 1. The van der Waals surface area contributed by atoms with Gasteiger partial charge in [-0.1, -0.05) is 6.07 Å². The van der Waals surface area contributed by atoms with Gasteiger partial charge in [0.25, 0.3) is 5.91 Å². The van der Waals surface area contributed by atoms with Gasteiger partial charge in [0.1, 0.15) is 17.3 Å². The number of amides is 1. The summed E-state index contributed by atoms with van der Waals surface area (Å²) in [6.45, 7) is 3.82. The van der Waals surface area contributed by atoms with E-state index in [2.05, 4.69) is 33.0 Å². The molecule has 36 heavy (non-hydrogen) atoms. The van der Waals surface area contributed by atoms with Crippen molar-refractivity contribution >= 4 is 16.8 Å². The fraction of sp³-hybridized carbons (Fsp3) is 0.333. The van der Waals surface area contributed by atoms with Gasteiger partial charge in [-0.25, -0.2) is 9.97 Å². The molecule has 1 fully saturated rings. The van der Waals surface area contributed by atoms with E-state index in [1.165, 1.54) is 0 Å². The summed E-state index contributed by atoms with van der Waals surface area (Å²) in [6, 6.07) is 13.5. The van der Waals surface area contributed by atoms with E-state index in [-0.39, 0.29) is 12.5 Å². The number of nitrogens with one attached hydrogen (secondary N) is 1. The third-order valence-electron chi connectivity index (χ3n) is 6.34. The van der Waals surface area contributed by atoms with E-state index in [1.54, 1.807) is 18.5 Å². The highest BCUT2D eigenvalue weighted by atomic mass is 16.5. The van der Waals surface area contributed by atoms with Gasteiger partial charge in [0.15, 0.2) is 0 Å². The predicted molar refractivity (Wildman–Crippen MR) is 137 cm³/mol. The molecule has 9 heteroatoms. The van der Waals surface area contributed by atoms with Crippen molar-refractivity contribution in [2.24, 2.45) is 0 Å². The second-order valence-electron chi connectivity index (χ2n) is 9.04. The monoisotopic (exact) mass is 486 g/mol. The van der Waals surface area contributed by atoms with Gasteiger partial charge in [0.05, 0.1) is 18.0 Å². The lowest BCUT2D eigenvalue weighted by atomic mass is 10.1. The van der Waals surface area contributed by atoms with Crippen molar-refractivity contribution in [3.63, 3.8) is 0 Å². The van der Waals surface area contributed by atoms with Crippen LogP contribution in [0.15, 0.2) is 54.9 Å². The Bertz CT molecular complexity index is 1350. The van der Waals surface area contributed by atoms with Crippen molar-refractivity contribution in [1.82, 2.24) is 29.7 Å². The van der Waals surface area contributed by atoms with Crippen LogP contribution in [0.5, 0.6) is 5.75 Å². The Hall–Kier alpha value is -3.82. The van der Waals surface area contributed by atoms with Crippen LogP contribution in [0.3, 0.4) is 0 Å². The molecular formula is C27H30N6O3. The number of aromatic amines is 1. The summed E-state index contributed by atoms with van der Waals surface area (Å²) in [5, 5.41) is 9.94. The summed E-state index contributed by atoms with van der Waals surface area (Å²) in [5.74, 6) is 1.42. The third kappa shape index (κ3) is 5.53. The molecule has 9 nitrogen and oxygen atoms in total. The number of piperazine rings is 1. The van der Waals surface area contributed by atoms with Gasteiger partial charge in [0.2, 0.25) is 0 Å². The van der Waals surface area contributed by atoms with E-state index in [1.807, 2.05) is 35.2 Å². The lowest BCUT2D eigenvalue weighted by Gasteiger charge is -2.32. The largest absolute Gasteiger partial charge is 0.493 e. The number of carbonyl (C=O) groups is 1. The van der Waals surface area contributed by atoms with Crippen LogP contribution in [-0.2, 0) is 6.42 Å². The molecule has 1 aromatic carbocycles.